The summed E-state index contributed by atoms with van der Waals surface area (Å²) in [4.78, 5) is 20.7. The van der Waals surface area contributed by atoms with Gasteiger partial charge in [-0.3, -0.25) is 9.89 Å². The monoisotopic (exact) mass is 351 g/mol. The Morgan fingerprint density at radius 1 is 1.12 bits per heavy atom. The zero-order valence-corrected chi connectivity index (χ0v) is 13.8. The summed E-state index contributed by atoms with van der Waals surface area (Å²) in [6.07, 6.45) is 4.75. The smallest absolute Gasteiger partial charge is 0.256 e. The molecule has 0 spiro atoms. The Kier molecular flexibility index (Phi) is 4.13. The number of fused-ring (bicyclic) bond motifs is 1. The summed E-state index contributed by atoms with van der Waals surface area (Å²) in [7, 11) is 0. The number of hydrogen-bond donors (Lipinski definition) is 2. The molecule has 1 aromatic carbocycles. The van der Waals surface area contributed by atoms with Crippen LogP contribution in [0.1, 0.15) is 15.9 Å². The van der Waals surface area contributed by atoms with Crippen LogP contribution in [0.2, 0.25) is 0 Å². The van der Waals surface area contributed by atoms with Gasteiger partial charge in [0.25, 0.3) is 5.91 Å². The maximum absolute atomic E-state index is 12.4. The molecule has 9 heteroatoms. The quantitative estimate of drug-likeness (QED) is 0.536. The third-order valence-corrected chi connectivity index (χ3v) is 4.46. The van der Waals surface area contributed by atoms with Crippen molar-refractivity contribution < 1.29 is 4.79 Å². The molecule has 4 rings (SSSR count). The van der Waals surface area contributed by atoms with Gasteiger partial charge in [0.05, 0.1) is 6.20 Å². The highest BCUT2D eigenvalue weighted by Crippen LogP contribution is 2.19. The number of amides is 1. The van der Waals surface area contributed by atoms with Crippen molar-refractivity contribution in [3.63, 3.8) is 0 Å². The van der Waals surface area contributed by atoms with E-state index < -0.39 is 0 Å². The lowest BCUT2D eigenvalue weighted by Crippen LogP contribution is -2.15. The molecule has 8 nitrogen and oxygen atoms in total. The van der Waals surface area contributed by atoms with Crippen LogP contribution in [-0.4, -0.2) is 35.7 Å². The SMILES string of the molecule is O=C(Nc1ccnc2ccnn12)c1ccc(CSc2ncn[nH]2)cc1. The van der Waals surface area contributed by atoms with Gasteiger partial charge in [0, 0.05) is 23.6 Å². The van der Waals surface area contributed by atoms with E-state index in [-0.39, 0.29) is 5.91 Å². The van der Waals surface area contributed by atoms with Crippen molar-refractivity contribution in [1.82, 2.24) is 29.8 Å². The second-order valence-corrected chi connectivity index (χ2v) is 6.13. The summed E-state index contributed by atoms with van der Waals surface area (Å²) < 4.78 is 1.58. The maximum Gasteiger partial charge on any atom is 0.256 e. The molecular formula is C16H13N7OS. The maximum atomic E-state index is 12.4. The molecule has 0 fully saturated rings. The number of anilines is 1. The molecule has 3 aromatic heterocycles. The number of carbonyl (C=O) groups excluding carboxylic acids is 1. The highest BCUT2D eigenvalue weighted by atomic mass is 32.2. The Hall–Kier alpha value is -3.20. The molecular weight excluding hydrogens is 338 g/mol. The van der Waals surface area contributed by atoms with Crippen LogP contribution in [-0.2, 0) is 5.75 Å². The van der Waals surface area contributed by atoms with Crippen molar-refractivity contribution in [2.24, 2.45) is 0 Å². The van der Waals surface area contributed by atoms with Crippen molar-refractivity contribution in [1.29, 1.82) is 0 Å². The number of hydrogen-bond acceptors (Lipinski definition) is 6. The fourth-order valence-corrected chi connectivity index (χ4v) is 3.02. The van der Waals surface area contributed by atoms with E-state index in [4.69, 9.17) is 0 Å². The largest absolute Gasteiger partial charge is 0.306 e. The summed E-state index contributed by atoms with van der Waals surface area (Å²) in [5.74, 6) is 1.12. The first-order valence-corrected chi connectivity index (χ1v) is 8.45. The van der Waals surface area contributed by atoms with E-state index in [1.807, 2.05) is 12.1 Å². The third-order valence-electron chi connectivity index (χ3n) is 3.52. The minimum Gasteiger partial charge on any atom is -0.306 e. The van der Waals surface area contributed by atoms with E-state index in [0.29, 0.717) is 17.0 Å². The van der Waals surface area contributed by atoms with Crippen molar-refractivity contribution in [2.75, 3.05) is 5.32 Å². The topological polar surface area (TPSA) is 101 Å². The van der Waals surface area contributed by atoms with E-state index in [9.17, 15) is 4.79 Å². The number of nitrogens with one attached hydrogen (secondary N) is 2. The van der Waals surface area contributed by atoms with E-state index in [0.717, 1.165) is 16.5 Å². The van der Waals surface area contributed by atoms with Gasteiger partial charge in [-0.25, -0.2) is 9.97 Å². The Balaban J connectivity index is 1.44. The molecule has 0 unspecified atom stereocenters. The summed E-state index contributed by atoms with van der Waals surface area (Å²) in [6.45, 7) is 0. The predicted molar refractivity (Wildman–Crippen MR) is 93.3 cm³/mol. The standard InChI is InChI=1S/C16H13N7OS/c24-15(21-14-5-7-17-13-6-8-20-23(13)14)12-3-1-11(2-4-12)9-25-16-18-10-19-22-16/h1-8,10H,9H2,(H,21,24)(H,18,19,22). The second-order valence-electron chi connectivity index (χ2n) is 5.16. The zero-order valence-electron chi connectivity index (χ0n) is 13.0. The first-order chi connectivity index (χ1) is 12.3. The number of aromatic nitrogens is 6. The number of thioether (sulfide) groups is 1. The van der Waals surface area contributed by atoms with E-state index in [1.54, 1.807) is 52.9 Å². The normalized spacial score (nSPS) is 10.9. The molecule has 0 aliphatic carbocycles. The van der Waals surface area contributed by atoms with Gasteiger partial charge in [-0.15, -0.1) is 0 Å². The van der Waals surface area contributed by atoms with Crippen molar-refractivity contribution in [3.05, 3.63) is 66.2 Å². The summed E-state index contributed by atoms with van der Waals surface area (Å²) >= 11 is 1.55. The predicted octanol–water partition coefficient (Wildman–Crippen LogP) is 2.39. The van der Waals surface area contributed by atoms with Gasteiger partial charge in [0.15, 0.2) is 10.8 Å². The number of benzene rings is 1. The molecule has 0 saturated carbocycles. The highest BCUT2D eigenvalue weighted by Gasteiger charge is 2.09. The Labute approximate surface area is 146 Å². The first kappa shape index (κ1) is 15.3. The number of rotatable bonds is 5. The molecule has 25 heavy (non-hydrogen) atoms. The summed E-state index contributed by atoms with van der Waals surface area (Å²) in [5, 5.41) is 14.4. The number of nitrogens with zero attached hydrogens (tertiary/aromatic N) is 5. The van der Waals surface area contributed by atoms with Gasteiger partial charge in [-0.05, 0) is 23.8 Å². The van der Waals surface area contributed by atoms with Gasteiger partial charge in [0.1, 0.15) is 12.1 Å². The Bertz CT molecular complexity index is 995. The Morgan fingerprint density at radius 3 is 2.80 bits per heavy atom. The average molecular weight is 351 g/mol. The van der Waals surface area contributed by atoms with Crippen LogP contribution < -0.4 is 5.32 Å². The molecule has 2 N–H and O–H groups in total. The fraction of sp³-hybridized carbons (Fsp3) is 0.0625. The van der Waals surface area contributed by atoms with E-state index >= 15 is 0 Å². The molecule has 0 radical (unpaired) electrons. The lowest BCUT2D eigenvalue weighted by atomic mass is 10.1. The summed E-state index contributed by atoms with van der Waals surface area (Å²) in [6, 6.07) is 10.9. The fourth-order valence-electron chi connectivity index (χ4n) is 2.29. The lowest BCUT2D eigenvalue weighted by Gasteiger charge is -2.07. The van der Waals surface area contributed by atoms with Crippen LogP contribution in [0.3, 0.4) is 0 Å². The van der Waals surface area contributed by atoms with Gasteiger partial charge in [0.2, 0.25) is 0 Å². The van der Waals surface area contributed by atoms with Gasteiger partial charge in [-0.2, -0.15) is 14.7 Å². The molecule has 0 atom stereocenters. The van der Waals surface area contributed by atoms with Crippen LogP contribution in [0.5, 0.6) is 0 Å². The van der Waals surface area contributed by atoms with Crippen LogP contribution >= 0.6 is 11.8 Å². The lowest BCUT2D eigenvalue weighted by molar-refractivity contribution is 0.102. The molecule has 124 valence electrons. The molecule has 0 aliphatic heterocycles. The van der Waals surface area contributed by atoms with Crippen LogP contribution in [0.4, 0.5) is 5.82 Å². The average Bonchev–Trinajstić information content (AvgIpc) is 3.32. The van der Waals surface area contributed by atoms with Crippen molar-refractivity contribution >= 4 is 29.1 Å². The molecule has 3 heterocycles. The number of carbonyl (C=O) groups is 1. The van der Waals surface area contributed by atoms with Crippen molar-refractivity contribution in [3.8, 4) is 0 Å². The van der Waals surface area contributed by atoms with Crippen LogP contribution in [0.15, 0.2) is 60.3 Å². The summed E-state index contributed by atoms with van der Waals surface area (Å²) in [5.41, 5.74) is 2.35. The van der Waals surface area contributed by atoms with Gasteiger partial charge >= 0.3 is 0 Å². The number of aromatic amines is 1. The Morgan fingerprint density at radius 2 is 2.00 bits per heavy atom. The molecule has 0 aliphatic rings. The van der Waals surface area contributed by atoms with Gasteiger partial charge < -0.3 is 5.32 Å². The minimum atomic E-state index is -0.197. The van der Waals surface area contributed by atoms with Crippen LogP contribution in [0, 0.1) is 0 Å². The molecule has 1 amide bonds. The minimum absolute atomic E-state index is 0.197. The number of H-pyrrole nitrogens is 1. The zero-order chi connectivity index (χ0) is 17.1. The van der Waals surface area contributed by atoms with Gasteiger partial charge in [-0.1, -0.05) is 23.9 Å². The molecule has 0 bridgehead atoms. The third kappa shape index (κ3) is 3.36. The molecule has 0 saturated heterocycles. The highest BCUT2D eigenvalue weighted by molar-refractivity contribution is 7.98. The first-order valence-electron chi connectivity index (χ1n) is 7.47. The molecule has 4 aromatic rings. The van der Waals surface area contributed by atoms with E-state index in [1.165, 1.54) is 6.33 Å². The van der Waals surface area contributed by atoms with Crippen LogP contribution in [0.25, 0.3) is 5.65 Å². The second kappa shape index (κ2) is 6.73. The van der Waals surface area contributed by atoms with Crippen molar-refractivity contribution in [2.45, 2.75) is 10.9 Å². The van der Waals surface area contributed by atoms with E-state index in [2.05, 4.69) is 30.6 Å².